The van der Waals surface area contributed by atoms with Crippen LogP contribution in [-0.2, 0) is 9.53 Å². The minimum Gasteiger partial charge on any atom is -0.458 e. The van der Waals surface area contributed by atoms with Crippen molar-refractivity contribution in [3.8, 4) is 0 Å². The zero-order chi connectivity index (χ0) is 17.2. The summed E-state index contributed by atoms with van der Waals surface area (Å²) in [4.78, 5) is 12.5. The van der Waals surface area contributed by atoms with Crippen molar-refractivity contribution in [2.75, 3.05) is 0 Å². The summed E-state index contributed by atoms with van der Waals surface area (Å²) in [5, 5.41) is 10.8. The molecule has 0 saturated heterocycles. The Labute approximate surface area is 139 Å². The van der Waals surface area contributed by atoms with Crippen molar-refractivity contribution in [3.63, 3.8) is 0 Å². The van der Waals surface area contributed by atoms with Crippen LogP contribution in [0.2, 0.25) is 0 Å². The molecule has 0 aromatic carbocycles. The summed E-state index contributed by atoms with van der Waals surface area (Å²) >= 11 is 0. The highest BCUT2D eigenvalue weighted by atomic mass is 16.5. The second-order valence-electron chi connectivity index (χ2n) is 8.63. The summed E-state index contributed by atoms with van der Waals surface area (Å²) in [6.07, 6.45) is 7.44. The second kappa shape index (κ2) is 4.95. The summed E-state index contributed by atoms with van der Waals surface area (Å²) < 4.78 is 6.04. The van der Waals surface area contributed by atoms with E-state index in [1.165, 1.54) is 6.42 Å². The third-order valence-corrected chi connectivity index (χ3v) is 7.48. The molecule has 0 radical (unpaired) electrons. The molecule has 3 heteroatoms. The van der Waals surface area contributed by atoms with Crippen molar-refractivity contribution in [2.45, 2.75) is 66.6 Å². The molecule has 0 aromatic rings. The molecular weight excluding hydrogens is 288 g/mol. The predicted octanol–water partition coefficient (Wildman–Crippen LogP) is 3.87. The van der Waals surface area contributed by atoms with Crippen molar-refractivity contribution in [1.29, 1.82) is 0 Å². The van der Waals surface area contributed by atoms with Crippen molar-refractivity contribution in [2.24, 2.45) is 28.1 Å². The van der Waals surface area contributed by atoms with Crippen LogP contribution < -0.4 is 0 Å². The summed E-state index contributed by atoms with van der Waals surface area (Å²) in [7, 11) is 0. The quantitative estimate of drug-likeness (QED) is 0.477. The maximum Gasteiger partial charge on any atom is 0.333 e. The summed E-state index contributed by atoms with van der Waals surface area (Å²) in [5.74, 6) is 0.678. The van der Waals surface area contributed by atoms with Crippen molar-refractivity contribution in [3.05, 3.63) is 23.8 Å². The minimum atomic E-state index is -0.559. The normalized spacial score (nSPS) is 47.5. The maximum atomic E-state index is 12.5. The van der Waals surface area contributed by atoms with E-state index >= 15 is 0 Å². The Morgan fingerprint density at radius 2 is 1.96 bits per heavy atom. The molecule has 3 aliphatic rings. The van der Waals surface area contributed by atoms with Gasteiger partial charge in [0.1, 0.15) is 6.10 Å². The SMILES string of the molecule is C/C=C(/C)C(=O)O[C@H]1C(C)(C)C2CC[C@@H](C)C23C=CC(O)[C@@]13C. The molecule has 0 bridgehead atoms. The van der Waals surface area contributed by atoms with Gasteiger partial charge in [0.25, 0.3) is 0 Å². The first kappa shape index (κ1) is 16.8. The molecule has 128 valence electrons. The average molecular weight is 318 g/mol. The van der Waals surface area contributed by atoms with Crippen LogP contribution in [0.3, 0.4) is 0 Å². The molecule has 3 unspecified atom stereocenters. The summed E-state index contributed by atoms with van der Waals surface area (Å²) in [6.45, 7) is 12.5. The van der Waals surface area contributed by atoms with Crippen molar-refractivity contribution >= 4 is 5.97 Å². The molecule has 1 N–H and O–H groups in total. The Morgan fingerprint density at radius 1 is 1.30 bits per heavy atom. The van der Waals surface area contributed by atoms with Gasteiger partial charge in [-0.1, -0.05) is 45.9 Å². The van der Waals surface area contributed by atoms with E-state index in [0.717, 1.165) is 6.42 Å². The molecule has 3 nitrogen and oxygen atoms in total. The lowest BCUT2D eigenvalue weighted by Gasteiger charge is -2.45. The molecule has 3 rings (SSSR count). The van der Waals surface area contributed by atoms with E-state index in [0.29, 0.717) is 17.4 Å². The fourth-order valence-electron chi connectivity index (χ4n) is 6.23. The molecule has 3 aliphatic carbocycles. The monoisotopic (exact) mass is 318 g/mol. The number of aliphatic hydroxyl groups is 1. The van der Waals surface area contributed by atoms with E-state index in [2.05, 4.69) is 33.8 Å². The molecule has 1 spiro atoms. The van der Waals surface area contributed by atoms with Crippen molar-refractivity contribution in [1.82, 2.24) is 0 Å². The van der Waals surface area contributed by atoms with Gasteiger partial charge in [0.15, 0.2) is 0 Å². The first-order valence-corrected chi connectivity index (χ1v) is 8.85. The molecule has 2 saturated carbocycles. The van der Waals surface area contributed by atoms with E-state index in [1.807, 2.05) is 13.0 Å². The first-order valence-electron chi connectivity index (χ1n) is 8.85. The number of hydrogen-bond acceptors (Lipinski definition) is 3. The van der Waals surface area contributed by atoms with Crippen LogP contribution in [0.15, 0.2) is 23.8 Å². The summed E-state index contributed by atoms with van der Waals surface area (Å²) in [6, 6.07) is 0. The van der Waals surface area contributed by atoms with Crippen LogP contribution in [0.4, 0.5) is 0 Å². The highest BCUT2D eigenvalue weighted by Crippen LogP contribution is 2.76. The van der Waals surface area contributed by atoms with Crippen LogP contribution in [0.1, 0.15) is 54.4 Å². The van der Waals surface area contributed by atoms with Gasteiger partial charge in [-0.2, -0.15) is 0 Å². The highest BCUT2D eigenvalue weighted by molar-refractivity contribution is 5.87. The Morgan fingerprint density at radius 3 is 2.57 bits per heavy atom. The first-order chi connectivity index (χ1) is 10.6. The lowest BCUT2D eigenvalue weighted by Crippen LogP contribution is -2.50. The van der Waals surface area contributed by atoms with E-state index in [4.69, 9.17) is 4.74 Å². The van der Waals surface area contributed by atoms with E-state index in [-0.39, 0.29) is 22.9 Å². The average Bonchev–Trinajstić information content (AvgIpc) is 3.02. The number of hydrogen-bond donors (Lipinski definition) is 1. The smallest absolute Gasteiger partial charge is 0.333 e. The Kier molecular flexibility index (Phi) is 3.61. The second-order valence-corrected chi connectivity index (χ2v) is 8.63. The fourth-order valence-corrected chi connectivity index (χ4v) is 6.23. The third-order valence-electron chi connectivity index (χ3n) is 7.48. The fraction of sp³-hybridized carbons (Fsp3) is 0.750. The summed E-state index contributed by atoms with van der Waals surface area (Å²) in [5.41, 5.74) is -0.0237. The van der Waals surface area contributed by atoms with Gasteiger partial charge in [0, 0.05) is 21.8 Å². The van der Waals surface area contributed by atoms with Crippen LogP contribution in [0.25, 0.3) is 0 Å². The lowest BCUT2D eigenvalue weighted by atomic mass is 9.61. The van der Waals surface area contributed by atoms with Crippen LogP contribution in [0.5, 0.6) is 0 Å². The topological polar surface area (TPSA) is 46.5 Å². The van der Waals surface area contributed by atoms with Gasteiger partial charge in [-0.15, -0.1) is 0 Å². The van der Waals surface area contributed by atoms with Gasteiger partial charge >= 0.3 is 5.97 Å². The van der Waals surface area contributed by atoms with Gasteiger partial charge in [0.2, 0.25) is 0 Å². The number of allylic oxidation sites excluding steroid dienone is 2. The van der Waals surface area contributed by atoms with Gasteiger partial charge in [-0.25, -0.2) is 4.79 Å². The number of carbonyl (C=O) groups is 1. The van der Waals surface area contributed by atoms with E-state index in [1.54, 1.807) is 13.0 Å². The predicted molar refractivity (Wildman–Crippen MR) is 90.7 cm³/mol. The van der Waals surface area contributed by atoms with Gasteiger partial charge in [-0.05, 0) is 38.5 Å². The van der Waals surface area contributed by atoms with Gasteiger partial charge in [0.05, 0.1) is 6.10 Å². The van der Waals surface area contributed by atoms with Crippen LogP contribution in [0, 0.1) is 28.1 Å². The molecule has 0 amide bonds. The zero-order valence-electron chi connectivity index (χ0n) is 15.2. The van der Waals surface area contributed by atoms with Gasteiger partial charge < -0.3 is 9.84 Å². The lowest BCUT2D eigenvalue weighted by molar-refractivity contribution is -0.165. The molecule has 2 fully saturated rings. The molecule has 23 heavy (non-hydrogen) atoms. The number of aliphatic hydroxyl groups excluding tert-OH is 1. The number of esters is 1. The standard InChI is InChI=1S/C20H30O3/c1-7-12(2)16(22)23-17-18(4,5)14-9-8-13(3)20(14)11-10-15(21)19(17,20)6/h7,10-11,13-15,17,21H,8-9H2,1-6H3/b12-7-/t13-,14?,15?,17+,19+,20?/m1/s1. The Hall–Kier alpha value is -1.09. The van der Waals surface area contributed by atoms with Crippen LogP contribution >= 0.6 is 0 Å². The number of carbonyl (C=O) groups excluding carboxylic acids is 1. The molecule has 0 heterocycles. The Balaban J connectivity index is 2.09. The third kappa shape index (κ3) is 1.77. The zero-order valence-corrected chi connectivity index (χ0v) is 15.2. The molecule has 0 aliphatic heterocycles. The molecule has 0 aromatic heterocycles. The molecule has 6 atom stereocenters. The van der Waals surface area contributed by atoms with Gasteiger partial charge in [-0.3, -0.25) is 0 Å². The highest BCUT2D eigenvalue weighted by Gasteiger charge is 2.76. The maximum absolute atomic E-state index is 12.5. The number of ether oxygens (including phenoxy) is 1. The minimum absolute atomic E-state index is 0.0648. The van der Waals surface area contributed by atoms with E-state index in [9.17, 15) is 9.90 Å². The van der Waals surface area contributed by atoms with Crippen LogP contribution in [-0.4, -0.2) is 23.3 Å². The largest absolute Gasteiger partial charge is 0.458 e. The van der Waals surface area contributed by atoms with Crippen molar-refractivity contribution < 1.29 is 14.6 Å². The number of rotatable bonds is 2. The molecular formula is C20H30O3. The Bertz CT molecular complexity index is 588. The van der Waals surface area contributed by atoms with E-state index < -0.39 is 11.5 Å².